The Bertz CT molecular complexity index is 706. The predicted molar refractivity (Wildman–Crippen MR) is 122 cm³/mol. The Morgan fingerprint density at radius 3 is 0.594 bits per heavy atom. The zero-order valence-corrected chi connectivity index (χ0v) is 19.2. The fraction of sp³-hybridized carbons (Fsp3) is 0.333. The van der Waals surface area contributed by atoms with E-state index >= 15 is 0 Å². The Kier molecular flexibility index (Phi) is 15.3. The predicted octanol–water partition coefficient (Wildman–Crippen LogP) is 5.49. The summed E-state index contributed by atoms with van der Waals surface area (Å²) in [5.74, 6) is -2.59. The van der Waals surface area contributed by atoms with E-state index in [0.29, 0.717) is 0 Å². The molecule has 0 saturated carbocycles. The van der Waals surface area contributed by atoms with E-state index in [0.717, 1.165) is 11.8 Å². The number of rotatable bonds is 4. The molecule has 0 aromatic heterocycles. The summed E-state index contributed by atoms with van der Waals surface area (Å²) < 4.78 is 0. The number of benzene rings is 2. The van der Waals surface area contributed by atoms with Crippen molar-refractivity contribution in [2.24, 2.45) is 11.8 Å². The molecule has 0 heterocycles. The lowest BCUT2D eigenvalue weighted by molar-refractivity contribution is 0.0681. The average molecular weight is 449 g/mol. The van der Waals surface area contributed by atoms with Gasteiger partial charge in [0.25, 0.3) is 0 Å². The summed E-state index contributed by atoms with van der Waals surface area (Å²) in [6, 6.07) is 10.0. The van der Waals surface area contributed by atoms with E-state index in [1.54, 1.807) is 0 Å². The van der Waals surface area contributed by atoms with Crippen molar-refractivity contribution >= 4 is 23.9 Å². The summed E-state index contributed by atoms with van der Waals surface area (Å²) in [6.45, 7) is 13.0. The monoisotopic (exact) mass is 448 g/mol. The highest BCUT2D eigenvalue weighted by Crippen LogP contribution is 2.04. The molecule has 4 N–H and O–H groups in total. The summed E-state index contributed by atoms with van der Waals surface area (Å²) >= 11 is 0. The molecule has 8 heteroatoms. The van der Waals surface area contributed by atoms with Gasteiger partial charge < -0.3 is 20.4 Å². The Labute approximate surface area is 188 Å². The van der Waals surface area contributed by atoms with Gasteiger partial charge in [0.1, 0.15) is 0 Å². The Balaban J connectivity index is 0. The molecule has 0 fully saturated rings. The van der Waals surface area contributed by atoms with Crippen LogP contribution in [0.25, 0.3) is 0 Å². The number of aromatic carboxylic acids is 4. The van der Waals surface area contributed by atoms with Gasteiger partial charge in [-0.3, -0.25) is 0 Å². The molecule has 176 valence electrons. The van der Waals surface area contributed by atoms with Gasteiger partial charge in [-0.05, 0) is 60.4 Å². The quantitative estimate of drug-likeness (QED) is 0.479. The first-order chi connectivity index (χ1) is 14.7. The SMILES string of the molecule is CC(C)C.CC(C)C.O=C(O)c1ccc(C(=O)O)cc1.O=C(O)c1ccc(C(=O)O)cc1. The van der Waals surface area contributed by atoms with Crippen LogP contribution in [-0.4, -0.2) is 44.3 Å². The van der Waals surface area contributed by atoms with Crippen molar-refractivity contribution < 1.29 is 39.6 Å². The largest absolute Gasteiger partial charge is 0.478 e. The second-order valence-electron chi connectivity index (χ2n) is 7.84. The molecule has 0 radical (unpaired) electrons. The van der Waals surface area contributed by atoms with Gasteiger partial charge >= 0.3 is 23.9 Å². The molecule has 0 saturated heterocycles. The molecular formula is C24H32O8. The van der Waals surface area contributed by atoms with Gasteiger partial charge in [0, 0.05) is 0 Å². The first kappa shape index (κ1) is 30.5. The Hall–Kier alpha value is -3.68. The number of carbonyl (C=O) groups is 4. The molecule has 0 amide bonds. The second kappa shape index (κ2) is 16.1. The van der Waals surface area contributed by atoms with Gasteiger partial charge in [-0.25, -0.2) is 19.2 Å². The van der Waals surface area contributed by atoms with E-state index in [-0.39, 0.29) is 22.3 Å². The molecule has 0 unspecified atom stereocenters. The zero-order valence-electron chi connectivity index (χ0n) is 19.2. The van der Waals surface area contributed by atoms with Crippen LogP contribution in [0.5, 0.6) is 0 Å². The van der Waals surface area contributed by atoms with Crippen LogP contribution in [0.3, 0.4) is 0 Å². The third kappa shape index (κ3) is 16.2. The highest BCUT2D eigenvalue weighted by atomic mass is 16.4. The molecular weight excluding hydrogens is 416 g/mol. The van der Waals surface area contributed by atoms with Gasteiger partial charge in [-0.15, -0.1) is 0 Å². The van der Waals surface area contributed by atoms with E-state index in [9.17, 15) is 19.2 Å². The third-order valence-corrected chi connectivity index (χ3v) is 2.76. The molecule has 2 rings (SSSR count). The van der Waals surface area contributed by atoms with Crippen molar-refractivity contribution in [2.75, 3.05) is 0 Å². The maximum atomic E-state index is 10.3. The average Bonchev–Trinajstić information content (AvgIpc) is 2.67. The summed E-state index contributed by atoms with van der Waals surface area (Å²) in [6.07, 6.45) is 0. The maximum absolute atomic E-state index is 10.3. The Morgan fingerprint density at radius 2 is 0.531 bits per heavy atom. The summed E-state index contributed by atoms with van der Waals surface area (Å²) in [4.78, 5) is 41.3. The smallest absolute Gasteiger partial charge is 0.335 e. The van der Waals surface area contributed by atoms with Crippen molar-refractivity contribution in [1.82, 2.24) is 0 Å². The van der Waals surface area contributed by atoms with Gasteiger partial charge in [0.05, 0.1) is 22.3 Å². The van der Waals surface area contributed by atoms with Crippen LogP contribution in [0.1, 0.15) is 83.0 Å². The van der Waals surface area contributed by atoms with Crippen LogP contribution < -0.4 is 0 Å². The first-order valence-electron chi connectivity index (χ1n) is 9.82. The fourth-order valence-electron chi connectivity index (χ4n) is 1.51. The lowest BCUT2D eigenvalue weighted by atomic mass is 10.1. The molecule has 0 aliphatic heterocycles. The van der Waals surface area contributed by atoms with Gasteiger partial charge in [0.2, 0.25) is 0 Å². The van der Waals surface area contributed by atoms with Crippen LogP contribution in [0.15, 0.2) is 48.5 Å². The minimum Gasteiger partial charge on any atom is -0.478 e. The van der Waals surface area contributed by atoms with E-state index < -0.39 is 23.9 Å². The number of carboxylic acids is 4. The minimum atomic E-state index is -1.06. The molecule has 0 bridgehead atoms. The van der Waals surface area contributed by atoms with Gasteiger partial charge in [0.15, 0.2) is 0 Å². The van der Waals surface area contributed by atoms with Crippen LogP contribution in [0, 0.1) is 11.8 Å². The van der Waals surface area contributed by atoms with E-state index in [2.05, 4.69) is 41.5 Å². The molecule has 2 aromatic rings. The van der Waals surface area contributed by atoms with Crippen molar-refractivity contribution in [3.8, 4) is 0 Å². The lowest BCUT2D eigenvalue weighted by Gasteiger charge is -1.94. The van der Waals surface area contributed by atoms with Gasteiger partial charge in [-0.2, -0.15) is 0 Å². The molecule has 0 spiro atoms. The van der Waals surface area contributed by atoms with Crippen molar-refractivity contribution in [2.45, 2.75) is 41.5 Å². The number of hydrogen-bond acceptors (Lipinski definition) is 4. The summed E-state index contributed by atoms with van der Waals surface area (Å²) in [7, 11) is 0. The van der Waals surface area contributed by atoms with Gasteiger partial charge in [-0.1, -0.05) is 41.5 Å². The molecule has 8 nitrogen and oxygen atoms in total. The molecule has 32 heavy (non-hydrogen) atoms. The highest BCUT2D eigenvalue weighted by molar-refractivity contribution is 5.92. The maximum Gasteiger partial charge on any atom is 0.335 e. The van der Waals surface area contributed by atoms with Crippen LogP contribution in [-0.2, 0) is 0 Å². The summed E-state index contributed by atoms with van der Waals surface area (Å²) in [5.41, 5.74) is 0.333. The summed E-state index contributed by atoms with van der Waals surface area (Å²) in [5, 5.41) is 33.9. The lowest BCUT2D eigenvalue weighted by Crippen LogP contribution is -1.99. The second-order valence-corrected chi connectivity index (χ2v) is 7.84. The topological polar surface area (TPSA) is 149 Å². The number of carboxylic acid groups (broad SMARTS) is 4. The molecule has 2 aromatic carbocycles. The standard InChI is InChI=1S/2C8H6O4.2C4H10/c2*9-7(10)5-1-2-6(4-3-5)8(11)12;2*1-4(2)3/h2*1-4H,(H,9,10)(H,11,12);2*4H,1-3H3. The zero-order chi connectivity index (χ0) is 25.4. The highest BCUT2D eigenvalue weighted by Gasteiger charge is 2.05. The van der Waals surface area contributed by atoms with Crippen LogP contribution in [0.4, 0.5) is 0 Å². The minimum absolute atomic E-state index is 0.0833. The van der Waals surface area contributed by atoms with Crippen molar-refractivity contribution in [1.29, 1.82) is 0 Å². The van der Waals surface area contributed by atoms with Crippen molar-refractivity contribution in [3.63, 3.8) is 0 Å². The first-order valence-corrected chi connectivity index (χ1v) is 9.82. The molecule has 0 atom stereocenters. The van der Waals surface area contributed by atoms with Crippen molar-refractivity contribution in [3.05, 3.63) is 70.8 Å². The van der Waals surface area contributed by atoms with E-state index in [1.807, 2.05) is 0 Å². The number of hydrogen-bond donors (Lipinski definition) is 4. The molecule has 0 aliphatic carbocycles. The molecule has 0 aliphatic rings. The third-order valence-electron chi connectivity index (χ3n) is 2.76. The van der Waals surface area contributed by atoms with E-state index in [4.69, 9.17) is 20.4 Å². The Morgan fingerprint density at radius 1 is 0.438 bits per heavy atom. The normalized spacial score (nSPS) is 9.25. The fourth-order valence-corrected chi connectivity index (χ4v) is 1.51. The van der Waals surface area contributed by atoms with Crippen LogP contribution >= 0.6 is 0 Å². The van der Waals surface area contributed by atoms with E-state index in [1.165, 1.54) is 48.5 Å². The van der Waals surface area contributed by atoms with Crippen LogP contribution in [0.2, 0.25) is 0 Å².